The number of thiazole rings is 1. The average Bonchev–Trinajstić information content (AvgIpc) is 2.72. The summed E-state index contributed by atoms with van der Waals surface area (Å²) in [6, 6.07) is 9.42. The van der Waals surface area contributed by atoms with Gasteiger partial charge in [0.1, 0.15) is 4.88 Å². The Labute approximate surface area is 112 Å². The van der Waals surface area contributed by atoms with Crippen molar-refractivity contribution in [3.05, 3.63) is 45.9 Å². The van der Waals surface area contributed by atoms with Crippen molar-refractivity contribution in [1.29, 1.82) is 0 Å². The molecule has 3 nitrogen and oxygen atoms in total. The first-order valence-corrected chi connectivity index (χ1v) is 6.79. The second kappa shape index (κ2) is 6.91. The Hall–Kier alpha value is -1.68. The number of para-hydroxylation sites is 1. The van der Waals surface area contributed by atoms with Crippen LogP contribution in [0.3, 0.4) is 0 Å². The van der Waals surface area contributed by atoms with Crippen LogP contribution in [-0.2, 0) is 0 Å². The van der Waals surface area contributed by atoms with E-state index in [4.69, 9.17) is 0 Å². The van der Waals surface area contributed by atoms with E-state index in [2.05, 4.69) is 10.3 Å². The summed E-state index contributed by atoms with van der Waals surface area (Å²) in [6.45, 7) is 7.75. The van der Waals surface area contributed by atoms with E-state index in [0.29, 0.717) is 4.88 Å². The number of rotatable bonds is 2. The van der Waals surface area contributed by atoms with Gasteiger partial charge < -0.3 is 5.32 Å². The van der Waals surface area contributed by atoms with E-state index in [1.807, 2.05) is 58.0 Å². The summed E-state index contributed by atoms with van der Waals surface area (Å²) in [5.74, 6) is -0.0886. The van der Waals surface area contributed by atoms with Crippen molar-refractivity contribution in [2.75, 3.05) is 5.32 Å². The van der Waals surface area contributed by atoms with Crippen molar-refractivity contribution >= 4 is 22.9 Å². The number of amides is 1. The zero-order chi connectivity index (χ0) is 13.5. The van der Waals surface area contributed by atoms with Crippen molar-refractivity contribution in [3.63, 3.8) is 0 Å². The molecule has 96 valence electrons. The number of aromatic nitrogens is 1. The number of carbonyl (C=O) groups is 1. The Kier molecular flexibility index (Phi) is 5.52. The van der Waals surface area contributed by atoms with Gasteiger partial charge in [0, 0.05) is 5.69 Å². The molecule has 2 aromatic rings. The van der Waals surface area contributed by atoms with Gasteiger partial charge in [0.25, 0.3) is 5.91 Å². The Balaban J connectivity index is 0.000000771. The zero-order valence-electron chi connectivity index (χ0n) is 11.2. The van der Waals surface area contributed by atoms with Crippen molar-refractivity contribution in [3.8, 4) is 0 Å². The number of hydrogen-bond acceptors (Lipinski definition) is 3. The van der Waals surface area contributed by atoms with Crippen LogP contribution in [0.15, 0.2) is 30.3 Å². The molecule has 0 radical (unpaired) electrons. The van der Waals surface area contributed by atoms with Gasteiger partial charge in [-0.3, -0.25) is 4.79 Å². The number of carbonyl (C=O) groups excluding carboxylic acids is 1. The predicted octanol–water partition coefficient (Wildman–Crippen LogP) is 4.04. The largest absolute Gasteiger partial charge is 0.321 e. The van der Waals surface area contributed by atoms with Gasteiger partial charge in [0.2, 0.25) is 0 Å². The maximum atomic E-state index is 11.9. The fourth-order valence-corrected chi connectivity index (χ4v) is 2.27. The maximum Gasteiger partial charge on any atom is 0.267 e. The molecule has 1 heterocycles. The first-order valence-electron chi connectivity index (χ1n) is 5.97. The van der Waals surface area contributed by atoms with Crippen LogP contribution in [0.5, 0.6) is 0 Å². The fraction of sp³-hybridized carbons (Fsp3) is 0.286. The van der Waals surface area contributed by atoms with Gasteiger partial charge in [-0.1, -0.05) is 32.0 Å². The number of nitrogens with one attached hydrogen (secondary N) is 1. The molecule has 18 heavy (non-hydrogen) atoms. The quantitative estimate of drug-likeness (QED) is 0.887. The highest BCUT2D eigenvalue weighted by molar-refractivity contribution is 7.13. The van der Waals surface area contributed by atoms with E-state index in [-0.39, 0.29) is 5.91 Å². The van der Waals surface area contributed by atoms with Gasteiger partial charge in [-0.15, -0.1) is 11.3 Å². The number of nitrogens with zero attached hydrogens (tertiary/aromatic N) is 1. The predicted molar refractivity (Wildman–Crippen MR) is 77.3 cm³/mol. The average molecular weight is 262 g/mol. The molecule has 0 unspecified atom stereocenters. The maximum absolute atomic E-state index is 11.9. The molecule has 1 aromatic carbocycles. The highest BCUT2D eigenvalue weighted by Crippen LogP contribution is 2.18. The summed E-state index contributed by atoms with van der Waals surface area (Å²) >= 11 is 1.42. The fourth-order valence-electron chi connectivity index (χ4n) is 1.45. The molecule has 1 amide bonds. The van der Waals surface area contributed by atoms with Gasteiger partial charge in [-0.2, -0.15) is 0 Å². The van der Waals surface area contributed by atoms with Crippen LogP contribution in [0.2, 0.25) is 0 Å². The van der Waals surface area contributed by atoms with Crippen LogP contribution >= 0.6 is 11.3 Å². The third-order valence-electron chi connectivity index (χ3n) is 2.14. The molecule has 0 aliphatic rings. The van der Waals surface area contributed by atoms with Crippen LogP contribution in [0.25, 0.3) is 0 Å². The van der Waals surface area contributed by atoms with Crippen LogP contribution < -0.4 is 5.32 Å². The van der Waals surface area contributed by atoms with Crippen molar-refractivity contribution in [1.82, 2.24) is 4.98 Å². The Morgan fingerprint density at radius 1 is 1.17 bits per heavy atom. The van der Waals surface area contributed by atoms with Gasteiger partial charge in [-0.25, -0.2) is 4.98 Å². The minimum atomic E-state index is -0.0886. The second-order valence-corrected chi connectivity index (χ2v) is 4.67. The van der Waals surface area contributed by atoms with E-state index in [9.17, 15) is 4.79 Å². The van der Waals surface area contributed by atoms with Crippen LogP contribution in [0, 0.1) is 13.8 Å². The lowest BCUT2D eigenvalue weighted by molar-refractivity contribution is 0.103. The summed E-state index contributed by atoms with van der Waals surface area (Å²) in [7, 11) is 0. The molecule has 0 bridgehead atoms. The molecule has 1 aromatic heterocycles. The summed E-state index contributed by atoms with van der Waals surface area (Å²) in [5.41, 5.74) is 1.59. The number of benzene rings is 1. The number of aryl methyl sites for hydroxylation is 2. The molecule has 2 rings (SSSR count). The minimum Gasteiger partial charge on any atom is -0.321 e. The lowest BCUT2D eigenvalue weighted by atomic mass is 10.3. The number of anilines is 1. The van der Waals surface area contributed by atoms with Gasteiger partial charge in [0.05, 0.1) is 10.7 Å². The van der Waals surface area contributed by atoms with E-state index < -0.39 is 0 Å². The van der Waals surface area contributed by atoms with Crippen molar-refractivity contribution in [2.24, 2.45) is 0 Å². The number of hydrogen-bond donors (Lipinski definition) is 1. The summed E-state index contributed by atoms with van der Waals surface area (Å²) in [6.07, 6.45) is 0. The van der Waals surface area contributed by atoms with Crippen LogP contribution in [0.1, 0.15) is 34.2 Å². The highest BCUT2D eigenvalue weighted by atomic mass is 32.1. The summed E-state index contributed by atoms with van der Waals surface area (Å²) in [5, 5.41) is 3.76. The van der Waals surface area contributed by atoms with Gasteiger partial charge in [0.15, 0.2) is 0 Å². The molecule has 0 saturated carbocycles. The highest BCUT2D eigenvalue weighted by Gasteiger charge is 2.13. The molecule has 0 fully saturated rings. The Bertz CT molecular complexity index is 506. The van der Waals surface area contributed by atoms with Crippen LogP contribution in [-0.4, -0.2) is 10.9 Å². The van der Waals surface area contributed by atoms with Crippen LogP contribution in [0.4, 0.5) is 5.69 Å². The molecule has 0 atom stereocenters. The topological polar surface area (TPSA) is 42.0 Å². The molecule has 0 aliphatic carbocycles. The Morgan fingerprint density at radius 2 is 1.78 bits per heavy atom. The SMILES string of the molecule is CC.Cc1nc(C)c(C(=O)Nc2ccccc2)s1. The summed E-state index contributed by atoms with van der Waals surface area (Å²) in [4.78, 5) is 16.8. The van der Waals surface area contributed by atoms with E-state index in [1.165, 1.54) is 11.3 Å². The standard InChI is InChI=1S/C12H12N2OS.C2H6/c1-8-11(16-9(2)13-8)12(15)14-10-6-4-3-5-7-10;1-2/h3-7H,1-2H3,(H,14,15);1-2H3. The van der Waals surface area contributed by atoms with Gasteiger partial charge >= 0.3 is 0 Å². The van der Waals surface area contributed by atoms with Gasteiger partial charge in [-0.05, 0) is 26.0 Å². The minimum absolute atomic E-state index is 0.0886. The van der Waals surface area contributed by atoms with Crippen molar-refractivity contribution in [2.45, 2.75) is 27.7 Å². The van der Waals surface area contributed by atoms with E-state index >= 15 is 0 Å². The van der Waals surface area contributed by atoms with E-state index in [0.717, 1.165) is 16.4 Å². The normalized spacial score (nSPS) is 9.33. The smallest absolute Gasteiger partial charge is 0.267 e. The van der Waals surface area contributed by atoms with Crippen molar-refractivity contribution < 1.29 is 4.79 Å². The molecule has 0 aliphatic heterocycles. The first kappa shape index (κ1) is 14.4. The molecule has 0 saturated heterocycles. The first-order chi connectivity index (χ1) is 8.66. The third kappa shape index (κ3) is 3.67. The molecule has 0 spiro atoms. The Morgan fingerprint density at radius 3 is 2.28 bits per heavy atom. The second-order valence-electron chi connectivity index (χ2n) is 3.47. The lowest BCUT2D eigenvalue weighted by Crippen LogP contribution is -2.11. The monoisotopic (exact) mass is 262 g/mol. The summed E-state index contributed by atoms with van der Waals surface area (Å²) < 4.78 is 0. The third-order valence-corrected chi connectivity index (χ3v) is 3.21. The zero-order valence-corrected chi connectivity index (χ0v) is 12.0. The molecule has 4 heteroatoms. The molecular formula is C14H18N2OS. The molecule has 1 N–H and O–H groups in total. The lowest BCUT2D eigenvalue weighted by Gasteiger charge is -2.02. The van der Waals surface area contributed by atoms with E-state index in [1.54, 1.807) is 0 Å². The molecular weight excluding hydrogens is 244 g/mol.